The highest BCUT2D eigenvalue weighted by atomic mass is 16.5. The molecule has 0 radical (unpaired) electrons. The maximum Gasteiger partial charge on any atom is 0.243 e. The number of hydrogen-bond acceptors (Lipinski definition) is 5. The number of hydrogen-bond donors (Lipinski definition) is 1. The van der Waals surface area contributed by atoms with Crippen LogP contribution in [0.3, 0.4) is 0 Å². The monoisotopic (exact) mass is 507 g/mol. The van der Waals surface area contributed by atoms with Crippen LogP contribution in [0.4, 0.5) is 0 Å². The number of piperidine rings is 1. The number of ether oxygens (including phenoxy) is 1. The van der Waals surface area contributed by atoms with Crippen molar-refractivity contribution in [3.05, 3.63) is 35.0 Å². The van der Waals surface area contributed by atoms with E-state index in [1.165, 1.54) is 5.56 Å². The lowest BCUT2D eigenvalue weighted by Crippen LogP contribution is -2.44. The van der Waals surface area contributed by atoms with Crippen molar-refractivity contribution < 1.29 is 19.1 Å². The number of carbonyl (C=O) groups is 3. The molecule has 1 aromatic heterocycles. The van der Waals surface area contributed by atoms with Gasteiger partial charge in [-0.25, -0.2) is 0 Å². The first-order valence-electron chi connectivity index (χ1n) is 14.0. The van der Waals surface area contributed by atoms with Crippen LogP contribution in [0.2, 0.25) is 0 Å². The third kappa shape index (κ3) is 4.88. The molecule has 2 aliphatic heterocycles. The number of nitrogens with zero attached hydrogens (tertiary/aromatic N) is 2. The minimum absolute atomic E-state index is 0.00303. The number of carbonyl (C=O) groups excluding carboxylic acids is 3. The lowest BCUT2D eigenvalue weighted by molar-refractivity contribution is -0.139. The summed E-state index contributed by atoms with van der Waals surface area (Å²) in [7, 11) is 0. The van der Waals surface area contributed by atoms with Gasteiger partial charge in [-0.05, 0) is 68.7 Å². The molecule has 37 heavy (non-hydrogen) atoms. The average Bonchev–Trinajstić information content (AvgIpc) is 3.27. The molecular formula is C30H41N3O4. The summed E-state index contributed by atoms with van der Waals surface area (Å²) in [6, 6.07) is 4.03. The molecule has 1 saturated carbocycles. The first-order valence-corrected chi connectivity index (χ1v) is 14.0. The van der Waals surface area contributed by atoms with Crippen molar-refractivity contribution in [2.24, 2.45) is 5.41 Å². The summed E-state index contributed by atoms with van der Waals surface area (Å²) in [5.41, 5.74) is 3.81. The van der Waals surface area contributed by atoms with Gasteiger partial charge >= 0.3 is 0 Å². The minimum atomic E-state index is -0.374. The number of Topliss-reactive ketones (excluding diaryl/α,β-unsaturated/α-hetero) is 2. The van der Waals surface area contributed by atoms with E-state index in [1.807, 2.05) is 22.6 Å². The number of amides is 1. The van der Waals surface area contributed by atoms with Gasteiger partial charge in [0.05, 0.1) is 18.2 Å². The van der Waals surface area contributed by atoms with E-state index in [4.69, 9.17) is 4.74 Å². The van der Waals surface area contributed by atoms with Crippen LogP contribution in [0.25, 0.3) is 10.9 Å². The smallest absolute Gasteiger partial charge is 0.243 e. The molecule has 5 rings (SSSR count). The number of benzene rings is 1. The normalized spacial score (nSPS) is 26.8. The summed E-state index contributed by atoms with van der Waals surface area (Å²) in [5, 5.41) is 4.50. The molecule has 1 amide bonds. The maximum absolute atomic E-state index is 13.9. The van der Waals surface area contributed by atoms with E-state index in [0.29, 0.717) is 37.5 Å². The van der Waals surface area contributed by atoms with Gasteiger partial charge in [0.1, 0.15) is 6.54 Å². The van der Waals surface area contributed by atoms with E-state index < -0.39 is 0 Å². The molecule has 1 saturated heterocycles. The van der Waals surface area contributed by atoms with Crippen LogP contribution in [-0.4, -0.2) is 58.8 Å². The Morgan fingerprint density at radius 3 is 2.73 bits per heavy atom. The predicted octanol–water partition coefficient (Wildman–Crippen LogP) is 4.60. The summed E-state index contributed by atoms with van der Waals surface area (Å²) in [4.78, 5) is 41.4. The lowest BCUT2D eigenvalue weighted by atomic mass is 9.96. The lowest BCUT2D eigenvalue weighted by Gasteiger charge is -2.27. The fourth-order valence-electron chi connectivity index (χ4n) is 6.49. The zero-order valence-corrected chi connectivity index (χ0v) is 22.8. The fraction of sp³-hybridized carbons (Fsp3) is 0.633. The second kappa shape index (κ2) is 10.3. The van der Waals surface area contributed by atoms with Crippen molar-refractivity contribution in [2.45, 2.75) is 97.3 Å². The van der Waals surface area contributed by atoms with Crippen LogP contribution in [-0.2, 0) is 27.4 Å². The van der Waals surface area contributed by atoms with Gasteiger partial charge in [0.2, 0.25) is 5.91 Å². The standard InChI is InChI=1S/C30H41N3O4/c1-5-26(35)25-13-30-14-27(30)33(25)28(36)17-32-16-24(20(4)34)23-12-21(19(2)3)11-22(29(23)32)15-31-9-7-6-8-10-37-18-30/h11-12,16,19,25,27,31H,5-10,13-15,17-18H2,1-4H3/t25-,27+,30-/m0/s1. The van der Waals surface area contributed by atoms with Crippen LogP contribution in [0, 0.1) is 5.41 Å². The molecule has 2 aromatic rings. The number of aromatic nitrogens is 1. The van der Waals surface area contributed by atoms with Crippen LogP contribution < -0.4 is 5.32 Å². The van der Waals surface area contributed by atoms with Crippen molar-refractivity contribution in [1.29, 1.82) is 0 Å². The molecule has 1 N–H and O–H groups in total. The summed E-state index contributed by atoms with van der Waals surface area (Å²) >= 11 is 0. The van der Waals surface area contributed by atoms with E-state index in [1.54, 1.807) is 6.92 Å². The Hall–Kier alpha value is -2.51. The van der Waals surface area contributed by atoms with Gasteiger partial charge in [0, 0.05) is 48.2 Å². The van der Waals surface area contributed by atoms with Crippen molar-refractivity contribution in [3.63, 3.8) is 0 Å². The molecular weight excluding hydrogens is 466 g/mol. The molecule has 3 aliphatic rings. The molecule has 3 atom stereocenters. The average molecular weight is 508 g/mol. The Morgan fingerprint density at radius 1 is 1.19 bits per heavy atom. The third-order valence-corrected chi connectivity index (χ3v) is 8.70. The third-order valence-electron chi connectivity index (χ3n) is 8.70. The highest BCUT2D eigenvalue weighted by molar-refractivity contribution is 6.08. The molecule has 7 heteroatoms. The zero-order valence-electron chi connectivity index (χ0n) is 22.8. The molecule has 7 nitrogen and oxygen atoms in total. The van der Waals surface area contributed by atoms with E-state index in [-0.39, 0.29) is 41.5 Å². The Labute approximate surface area is 219 Å². The van der Waals surface area contributed by atoms with E-state index in [2.05, 4.69) is 31.3 Å². The van der Waals surface area contributed by atoms with Crippen LogP contribution in [0.15, 0.2) is 18.3 Å². The van der Waals surface area contributed by atoms with Gasteiger partial charge < -0.3 is 19.5 Å². The van der Waals surface area contributed by atoms with Crippen molar-refractivity contribution in [1.82, 2.24) is 14.8 Å². The Balaban J connectivity index is 1.57. The second-order valence-corrected chi connectivity index (χ2v) is 11.7. The van der Waals surface area contributed by atoms with Gasteiger partial charge in [0.15, 0.2) is 11.6 Å². The predicted molar refractivity (Wildman–Crippen MR) is 144 cm³/mol. The number of ketones is 2. The van der Waals surface area contributed by atoms with E-state index in [0.717, 1.165) is 55.3 Å². The topological polar surface area (TPSA) is 80.6 Å². The van der Waals surface area contributed by atoms with Crippen molar-refractivity contribution >= 4 is 28.4 Å². The first-order chi connectivity index (χ1) is 17.8. The minimum Gasteiger partial charge on any atom is -0.381 e. The summed E-state index contributed by atoms with van der Waals surface area (Å²) < 4.78 is 8.04. The largest absolute Gasteiger partial charge is 0.381 e. The Morgan fingerprint density at radius 2 is 2.00 bits per heavy atom. The van der Waals surface area contributed by atoms with Gasteiger partial charge in [-0.15, -0.1) is 0 Å². The highest BCUT2D eigenvalue weighted by Crippen LogP contribution is 2.60. The van der Waals surface area contributed by atoms with Gasteiger partial charge in [0.25, 0.3) is 0 Å². The quantitative estimate of drug-likeness (QED) is 0.612. The molecule has 1 aliphatic carbocycles. The van der Waals surface area contributed by atoms with Crippen molar-refractivity contribution in [3.8, 4) is 0 Å². The molecule has 1 aromatic carbocycles. The van der Waals surface area contributed by atoms with Gasteiger partial charge in [-0.2, -0.15) is 0 Å². The van der Waals surface area contributed by atoms with E-state index >= 15 is 0 Å². The fourth-order valence-corrected chi connectivity index (χ4v) is 6.49. The van der Waals surface area contributed by atoms with Crippen molar-refractivity contribution in [2.75, 3.05) is 19.8 Å². The van der Waals surface area contributed by atoms with Gasteiger partial charge in [-0.3, -0.25) is 14.4 Å². The van der Waals surface area contributed by atoms with Crippen LogP contribution in [0.1, 0.15) is 93.6 Å². The van der Waals surface area contributed by atoms with E-state index in [9.17, 15) is 14.4 Å². The molecule has 2 bridgehead atoms. The first kappa shape index (κ1) is 26.1. The molecule has 200 valence electrons. The zero-order chi connectivity index (χ0) is 26.3. The molecule has 0 unspecified atom stereocenters. The number of nitrogens with one attached hydrogen (secondary N) is 1. The molecule has 2 fully saturated rings. The molecule has 0 spiro atoms. The Bertz CT molecular complexity index is 1220. The Kier molecular flexibility index (Phi) is 7.29. The van der Waals surface area contributed by atoms with Gasteiger partial charge in [-0.1, -0.05) is 26.8 Å². The maximum atomic E-state index is 13.9. The van der Waals surface area contributed by atoms with Crippen LogP contribution >= 0.6 is 0 Å². The van der Waals surface area contributed by atoms with Crippen LogP contribution in [0.5, 0.6) is 0 Å². The number of rotatable bonds is 4. The summed E-state index contributed by atoms with van der Waals surface area (Å²) in [6.45, 7) is 10.9. The summed E-state index contributed by atoms with van der Waals surface area (Å²) in [6.07, 6.45) is 7.06. The second-order valence-electron chi connectivity index (χ2n) is 11.7. The SMILES string of the molecule is CCC(=O)[C@@H]1C[C@]23COCCCCCNCc4cc(C(C)C)cc5c(C(C)=O)cn(c45)CC(=O)N1[C@@H]2C3. The summed E-state index contributed by atoms with van der Waals surface area (Å²) in [5.74, 6) is 0.404. The highest BCUT2D eigenvalue weighted by Gasteiger charge is 2.66. The molecule has 3 heterocycles.